The molecule has 1 aliphatic rings. The zero-order valence-corrected chi connectivity index (χ0v) is 12.5. The average Bonchev–Trinajstić information content (AvgIpc) is 2.43. The predicted molar refractivity (Wildman–Crippen MR) is 75.0 cm³/mol. The van der Waals surface area contributed by atoms with Crippen molar-refractivity contribution in [3.63, 3.8) is 0 Å². The molecule has 2 rings (SSSR count). The maximum absolute atomic E-state index is 11.4. The third kappa shape index (κ3) is 3.58. The largest absolute Gasteiger partial charge is 0.486 e. The van der Waals surface area contributed by atoms with Gasteiger partial charge in [0.25, 0.3) is 0 Å². The summed E-state index contributed by atoms with van der Waals surface area (Å²) in [5.41, 5.74) is 0.337. The lowest BCUT2D eigenvalue weighted by Crippen LogP contribution is -2.28. The summed E-state index contributed by atoms with van der Waals surface area (Å²) in [5.74, 6) is -0.377. The Balaban J connectivity index is 2.32. The number of benzene rings is 1. The SMILES string of the molecule is CC(O)C(C)OC(C(=O)O)c1cc(Cl)c2c(c1)OCCO2. The Morgan fingerprint density at radius 1 is 1.33 bits per heavy atom. The highest BCUT2D eigenvalue weighted by molar-refractivity contribution is 6.32. The van der Waals surface area contributed by atoms with Gasteiger partial charge in [0.15, 0.2) is 17.6 Å². The molecular formula is C14H17ClO6. The fraction of sp³-hybridized carbons (Fsp3) is 0.500. The predicted octanol–water partition coefficient (Wildman–Crippen LogP) is 2.02. The Morgan fingerprint density at radius 3 is 2.62 bits per heavy atom. The van der Waals surface area contributed by atoms with E-state index in [0.717, 1.165) is 0 Å². The van der Waals surface area contributed by atoms with Crippen LogP contribution in [0.1, 0.15) is 25.5 Å². The van der Waals surface area contributed by atoms with Gasteiger partial charge in [-0.15, -0.1) is 0 Å². The molecule has 3 unspecified atom stereocenters. The van der Waals surface area contributed by atoms with Gasteiger partial charge in [-0.05, 0) is 31.5 Å². The van der Waals surface area contributed by atoms with E-state index in [1.54, 1.807) is 6.92 Å². The first-order chi connectivity index (χ1) is 9.90. The summed E-state index contributed by atoms with van der Waals surface area (Å²) in [6.07, 6.45) is -2.68. The van der Waals surface area contributed by atoms with Gasteiger partial charge in [0.05, 0.1) is 17.2 Å². The van der Waals surface area contributed by atoms with E-state index < -0.39 is 24.3 Å². The van der Waals surface area contributed by atoms with Crippen LogP contribution in [0.2, 0.25) is 5.02 Å². The Hall–Kier alpha value is -1.50. The normalized spacial score (nSPS) is 17.9. The lowest BCUT2D eigenvalue weighted by molar-refractivity contribution is -0.158. The standard InChI is InChI=1S/C14H17ClO6/c1-7(16)8(2)21-12(14(17)18)9-5-10(15)13-11(6-9)19-3-4-20-13/h5-8,12,16H,3-4H2,1-2H3,(H,17,18). The molecule has 21 heavy (non-hydrogen) atoms. The summed E-state index contributed by atoms with van der Waals surface area (Å²) < 4.78 is 16.2. The molecule has 2 N–H and O–H groups in total. The highest BCUT2D eigenvalue weighted by Gasteiger charge is 2.28. The van der Waals surface area contributed by atoms with Crippen molar-refractivity contribution in [2.45, 2.75) is 32.2 Å². The summed E-state index contributed by atoms with van der Waals surface area (Å²) in [4.78, 5) is 11.4. The van der Waals surface area contributed by atoms with Crippen molar-refractivity contribution in [1.82, 2.24) is 0 Å². The van der Waals surface area contributed by atoms with Gasteiger partial charge >= 0.3 is 5.97 Å². The second-order valence-corrected chi connectivity index (χ2v) is 5.23. The van der Waals surface area contributed by atoms with Crippen LogP contribution in [0.3, 0.4) is 0 Å². The first-order valence-corrected chi connectivity index (χ1v) is 6.93. The molecule has 116 valence electrons. The van der Waals surface area contributed by atoms with E-state index in [-0.39, 0.29) is 5.02 Å². The molecule has 1 aromatic carbocycles. The van der Waals surface area contributed by atoms with Crippen LogP contribution in [0.25, 0.3) is 0 Å². The minimum atomic E-state index is -1.25. The van der Waals surface area contributed by atoms with Crippen molar-refractivity contribution in [3.8, 4) is 11.5 Å². The van der Waals surface area contributed by atoms with Crippen molar-refractivity contribution in [1.29, 1.82) is 0 Å². The number of aliphatic carboxylic acids is 1. The topological polar surface area (TPSA) is 85.2 Å². The van der Waals surface area contributed by atoms with E-state index in [9.17, 15) is 15.0 Å². The lowest BCUT2D eigenvalue weighted by Gasteiger charge is -2.24. The highest BCUT2D eigenvalue weighted by Crippen LogP contribution is 2.40. The fourth-order valence-corrected chi connectivity index (χ4v) is 2.16. The molecule has 1 heterocycles. The summed E-state index contributed by atoms with van der Waals surface area (Å²) in [6.45, 7) is 3.89. The van der Waals surface area contributed by atoms with Crippen LogP contribution >= 0.6 is 11.6 Å². The third-order valence-corrected chi connectivity index (χ3v) is 3.46. The third-order valence-electron chi connectivity index (χ3n) is 3.18. The Labute approximate surface area is 127 Å². The summed E-state index contributed by atoms with van der Waals surface area (Å²) >= 11 is 6.09. The summed E-state index contributed by atoms with van der Waals surface area (Å²) in [7, 11) is 0. The van der Waals surface area contributed by atoms with Crippen LogP contribution in [0, 0.1) is 0 Å². The van der Waals surface area contributed by atoms with Crippen LogP contribution < -0.4 is 9.47 Å². The maximum Gasteiger partial charge on any atom is 0.337 e. The van der Waals surface area contributed by atoms with E-state index in [1.807, 2.05) is 0 Å². The molecule has 0 radical (unpaired) electrons. The van der Waals surface area contributed by atoms with Gasteiger partial charge < -0.3 is 24.4 Å². The number of hydrogen-bond donors (Lipinski definition) is 2. The van der Waals surface area contributed by atoms with Gasteiger partial charge in [-0.1, -0.05) is 11.6 Å². The van der Waals surface area contributed by atoms with E-state index in [4.69, 9.17) is 25.8 Å². The molecule has 0 amide bonds. The molecule has 3 atom stereocenters. The van der Waals surface area contributed by atoms with Gasteiger partial charge in [-0.3, -0.25) is 0 Å². The summed E-state index contributed by atoms with van der Waals surface area (Å²) in [6, 6.07) is 3.01. The van der Waals surface area contributed by atoms with E-state index >= 15 is 0 Å². The van der Waals surface area contributed by atoms with Crippen LogP contribution in [0.4, 0.5) is 0 Å². The lowest BCUT2D eigenvalue weighted by atomic mass is 10.1. The van der Waals surface area contributed by atoms with Crippen molar-refractivity contribution in [2.75, 3.05) is 13.2 Å². The summed E-state index contributed by atoms with van der Waals surface area (Å²) in [5, 5.41) is 19.1. The Bertz CT molecular complexity index is 530. The first-order valence-electron chi connectivity index (χ1n) is 6.55. The number of rotatable bonds is 5. The zero-order valence-electron chi connectivity index (χ0n) is 11.7. The molecule has 1 aromatic rings. The van der Waals surface area contributed by atoms with Gasteiger partial charge in [0, 0.05) is 0 Å². The molecule has 0 saturated heterocycles. The van der Waals surface area contributed by atoms with Crippen LogP contribution in [0.5, 0.6) is 11.5 Å². The minimum absolute atomic E-state index is 0.266. The molecule has 1 aliphatic heterocycles. The number of aliphatic hydroxyl groups excluding tert-OH is 1. The van der Waals surface area contributed by atoms with Crippen molar-refractivity contribution in [2.24, 2.45) is 0 Å². The number of halogens is 1. The quantitative estimate of drug-likeness (QED) is 0.864. The minimum Gasteiger partial charge on any atom is -0.486 e. The zero-order chi connectivity index (χ0) is 15.6. The number of carboxylic acid groups (broad SMARTS) is 1. The Morgan fingerprint density at radius 2 is 2.00 bits per heavy atom. The van der Waals surface area contributed by atoms with Gasteiger partial charge in [0.1, 0.15) is 13.2 Å². The first kappa shape index (κ1) is 15.9. The number of carboxylic acids is 1. The highest BCUT2D eigenvalue weighted by atomic mass is 35.5. The molecule has 0 spiro atoms. The fourth-order valence-electron chi connectivity index (χ4n) is 1.89. The van der Waals surface area contributed by atoms with Crippen molar-refractivity contribution >= 4 is 17.6 Å². The Kier molecular flexibility index (Phi) is 4.92. The van der Waals surface area contributed by atoms with E-state index in [2.05, 4.69) is 0 Å². The van der Waals surface area contributed by atoms with Gasteiger partial charge in [-0.2, -0.15) is 0 Å². The molecule has 0 saturated carbocycles. The smallest absolute Gasteiger partial charge is 0.337 e. The second-order valence-electron chi connectivity index (χ2n) is 4.83. The van der Waals surface area contributed by atoms with Crippen molar-refractivity contribution in [3.05, 3.63) is 22.7 Å². The number of fused-ring (bicyclic) bond motifs is 1. The number of hydrogen-bond acceptors (Lipinski definition) is 5. The number of carbonyl (C=O) groups is 1. The van der Waals surface area contributed by atoms with Gasteiger partial charge in [0.2, 0.25) is 0 Å². The number of ether oxygens (including phenoxy) is 3. The molecule has 0 fully saturated rings. The van der Waals surface area contributed by atoms with Gasteiger partial charge in [-0.25, -0.2) is 4.79 Å². The molecule has 0 aliphatic carbocycles. The van der Waals surface area contributed by atoms with Crippen molar-refractivity contribution < 1.29 is 29.2 Å². The monoisotopic (exact) mass is 316 g/mol. The maximum atomic E-state index is 11.4. The molecule has 0 bridgehead atoms. The molecular weight excluding hydrogens is 300 g/mol. The van der Waals surface area contributed by atoms with Crippen LogP contribution in [-0.2, 0) is 9.53 Å². The second kappa shape index (κ2) is 6.51. The van der Waals surface area contributed by atoms with Crippen LogP contribution in [0.15, 0.2) is 12.1 Å². The average molecular weight is 317 g/mol. The molecule has 0 aromatic heterocycles. The number of aliphatic hydroxyl groups is 1. The molecule has 6 nitrogen and oxygen atoms in total. The van der Waals surface area contributed by atoms with E-state index in [0.29, 0.717) is 30.3 Å². The van der Waals surface area contributed by atoms with E-state index in [1.165, 1.54) is 19.1 Å². The van der Waals surface area contributed by atoms with Crippen LogP contribution in [-0.4, -0.2) is 41.6 Å². The molecule has 7 heteroatoms.